The summed E-state index contributed by atoms with van der Waals surface area (Å²) in [5, 5.41) is 3.31. The van der Waals surface area contributed by atoms with Gasteiger partial charge in [0.15, 0.2) is 0 Å². The summed E-state index contributed by atoms with van der Waals surface area (Å²) in [4.78, 5) is 0. The molecule has 1 atom stereocenters. The van der Waals surface area contributed by atoms with Gasteiger partial charge in [-0.15, -0.1) is 0 Å². The minimum Gasteiger partial charge on any atom is -0.313 e. The van der Waals surface area contributed by atoms with E-state index in [1.807, 2.05) is 20.0 Å². The summed E-state index contributed by atoms with van der Waals surface area (Å²) < 4.78 is 14.6. The third-order valence-corrected chi connectivity index (χ3v) is 4.08. The number of rotatable bonds is 4. The van der Waals surface area contributed by atoms with E-state index in [-0.39, 0.29) is 11.9 Å². The van der Waals surface area contributed by atoms with E-state index in [1.54, 1.807) is 6.07 Å². The summed E-state index contributed by atoms with van der Waals surface area (Å²) in [7, 11) is 1.94. The molecule has 3 heteroatoms. The Morgan fingerprint density at radius 2 is 1.84 bits per heavy atom. The van der Waals surface area contributed by atoms with Crippen LogP contribution < -0.4 is 5.32 Å². The van der Waals surface area contributed by atoms with Crippen molar-refractivity contribution in [3.63, 3.8) is 0 Å². The van der Waals surface area contributed by atoms with Crippen molar-refractivity contribution in [3.05, 3.63) is 68.5 Å². The Bertz CT molecular complexity index is 551. The molecule has 100 valence electrons. The van der Waals surface area contributed by atoms with Crippen molar-refractivity contribution < 1.29 is 4.39 Å². The van der Waals surface area contributed by atoms with E-state index >= 15 is 0 Å². The molecule has 1 N–H and O–H groups in total. The van der Waals surface area contributed by atoms with Crippen molar-refractivity contribution >= 4 is 22.6 Å². The van der Waals surface area contributed by atoms with Gasteiger partial charge in [0.25, 0.3) is 0 Å². The Morgan fingerprint density at radius 3 is 2.47 bits per heavy atom. The van der Waals surface area contributed by atoms with E-state index in [1.165, 1.54) is 15.2 Å². The van der Waals surface area contributed by atoms with Crippen LogP contribution in [-0.4, -0.2) is 7.05 Å². The molecular formula is C16H17FIN. The molecule has 0 spiro atoms. The zero-order valence-corrected chi connectivity index (χ0v) is 13.2. The van der Waals surface area contributed by atoms with Gasteiger partial charge in [-0.2, -0.15) is 0 Å². The van der Waals surface area contributed by atoms with Gasteiger partial charge in [-0.1, -0.05) is 18.2 Å². The summed E-state index contributed by atoms with van der Waals surface area (Å²) in [6.07, 6.45) is 0.792. The maximum Gasteiger partial charge on any atom is 0.123 e. The predicted molar refractivity (Wildman–Crippen MR) is 85.8 cm³/mol. The Labute approximate surface area is 127 Å². The van der Waals surface area contributed by atoms with Crippen molar-refractivity contribution in [2.75, 3.05) is 7.05 Å². The third kappa shape index (κ3) is 3.76. The lowest BCUT2D eigenvalue weighted by Gasteiger charge is -2.18. The molecule has 2 aromatic carbocycles. The van der Waals surface area contributed by atoms with Crippen LogP contribution in [0, 0.1) is 16.3 Å². The van der Waals surface area contributed by atoms with Crippen LogP contribution >= 0.6 is 22.6 Å². The van der Waals surface area contributed by atoms with Gasteiger partial charge in [0, 0.05) is 9.61 Å². The lowest BCUT2D eigenvalue weighted by molar-refractivity contribution is 0.582. The van der Waals surface area contributed by atoms with Crippen LogP contribution in [0.15, 0.2) is 42.5 Å². The topological polar surface area (TPSA) is 12.0 Å². The number of hydrogen-bond donors (Lipinski definition) is 1. The predicted octanol–water partition coefficient (Wildman–Crippen LogP) is 4.24. The summed E-state index contributed by atoms with van der Waals surface area (Å²) in [5.41, 5.74) is 3.41. The fraction of sp³-hybridized carbons (Fsp3) is 0.250. The molecule has 0 heterocycles. The van der Waals surface area contributed by atoms with Gasteiger partial charge in [-0.3, -0.25) is 0 Å². The highest BCUT2D eigenvalue weighted by Gasteiger charge is 2.12. The van der Waals surface area contributed by atoms with Crippen LogP contribution in [0.1, 0.15) is 22.7 Å². The Balaban J connectivity index is 2.23. The second-order valence-corrected chi connectivity index (χ2v) is 5.91. The van der Waals surface area contributed by atoms with E-state index in [9.17, 15) is 4.39 Å². The number of aryl methyl sites for hydroxylation is 1. The first-order valence-electron chi connectivity index (χ1n) is 6.28. The molecule has 2 aromatic rings. The molecule has 0 amide bonds. The lowest BCUT2D eigenvalue weighted by atomic mass is 9.96. The Hall–Kier alpha value is -0.940. The SMILES string of the molecule is CNC(Cc1cc(F)ccc1C)c1ccc(I)cc1. The van der Waals surface area contributed by atoms with Gasteiger partial charge in [-0.25, -0.2) is 4.39 Å². The van der Waals surface area contributed by atoms with Gasteiger partial charge >= 0.3 is 0 Å². The molecule has 0 aliphatic carbocycles. The average Bonchev–Trinajstić information content (AvgIpc) is 2.41. The molecule has 0 aromatic heterocycles. The van der Waals surface area contributed by atoms with E-state index in [0.29, 0.717) is 0 Å². The quantitative estimate of drug-likeness (QED) is 0.795. The number of nitrogens with one attached hydrogen (secondary N) is 1. The molecule has 19 heavy (non-hydrogen) atoms. The molecule has 1 nitrogen and oxygen atoms in total. The normalized spacial score (nSPS) is 12.4. The lowest BCUT2D eigenvalue weighted by Crippen LogP contribution is -2.19. The monoisotopic (exact) mass is 369 g/mol. The largest absolute Gasteiger partial charge is 0.313 e. The minimum absolute atomic E-state index is 0.168. The second kappa shape index (κ2) is 6.48. The summed E-state index contributed by atoms with van der Waals surface area (Å²) >= 11 is 2.30. The van der Waals surface area contributed by atoms with E-state index in [2.05, 4.69) is 52.2 Å². The first kappa shape index (κ1) is 14.5. The van der Waals surface area contributed by atoms with Crippen LogP contribution in [0.4, 0.5) is 4.39 Å². The standard InChI is InChI=1S/C16H17FIN/c1-11-3-6-14(17)9-13(11)10-16(19-2)12-4-7-15(18)8-5-12/h3-9,16,19H,10H2,1-2H3. The van der Waals surface area contributed by atoms with Gasteiger partial charge < -0.3 is 5.32 Å². The number of benzene rings is 2. The van der Waals surface area contributed by atoms with Crippen LogP contribution in [0.2, 0.25) is 0 Å². The highest BCUT2D eigenvalue weighted by Crippen LogP contribution is 2.21. The third-order valence-electron chi connectivity index (χ3n) is 3.36. The summed E-state index contributed by atoms with van der Waals surface area (Å²) in [5.74, 6) is -0.168. The van der Waals surface area contributed by atoms with Crippen LogP contribution in [-0.2, 0) is 6.42 Å². The van der Waals surface area contributed by atoms with Gasteiger partial charge in [-0.05, 0) is 83.9 Å². The van der Waals surface area contributed by atoms with Crippen molar-refractivity contribution in [1.29, 1.82) is 0 Å². The van der Waals surface area contributed by atoms with Gasteiger partial charge in [0.05, 0.1) is 0 Å². The van der Waals surface area contributed by atoms with E-state index in [4.69, 9.17) is 0 Å². The van der Waals surface area contributed by atoms with Crippen molar-refractivity contribution in [3.8, 4) is 0 Å². The van der Waals surface area contributed by atoms with Crippen LogP contribution in [0.3, 0.4) is 0 Å². The Kier molecular flexibility index (Phi) is 4.93. The molecule has 0 aliphatic rings. The van der Waals surface area contributed by atoms with Crippen molar-refractivity contribution in [2.24, 2.45) is 0 Å². The zero-order valence-electron chi connectivity index (χ0n) is 11.1. The fourth-order valence-corrected chi connectivity index (χ4v) is 2.52. The average molecular weight is 369 g/mol. The molecule has 0 saturated heterocycles. The molecule has 0 saturated carbocycles. The van der Waals surface area contributed by atoms with E-state index in [0.717, 1.165) is 17.5 Å². The van der Waals surface area contributed by atoms with Crippen LogP contribution in [0.25, 0.3) is 0 Å². The molecule has 0 bridgehead atoms. The summed E-state index contributed by atoms with van der Waals surface area (Å²) in [6.45, 7) is 2.02. The highest BCUT2D eigenvalue weighted by atomic mass is 127. The molecule has 1 unspecified atom stereocenters. The minimum atomic E-state index is -0.168. The first-order valence-corrected chi connectivity index (χ1v) is 7.36. The van der Waals surface area contributed by atoms with E-state index < -0.39 is 0 Å². The molecule has 0 radical (unpaired) electrons. The number of hydrogen-bond acceptors (Lipinski definition) is 1. The molecule has 0 fully saturated rings. The van der Waals surface area contributed by atoms with Crippen molar-refractivity contribution in [1.82, 2.24) is 5.32 Å². The first-order chi connectivity index (χ1) is 9.10. The van der Waals surface area contributed by atoms with Gasteiger partial charge in [0.1, 0.15) is 5.82 Å². The zero-order chi connectivity index (χ0) is 13.8. The number of likely N-dealkylation sites (N-methyl/N-ethyl adjacent to an activating group) is 1. The fourth-order valence-electron chi connectivity index (χ4n) is 2.16. The summed E-state index contributed by atoms with van der Waals surface area (Å²) in [6, 6.07) is 13.6. The second-order valence-electron chi connectivity index (χ2n) is 4.67. The highest BCUT2D eigenvalue weighted by molar-refractivity contribution is 14.1. The maximum atomic E-state index is 13.3. The number of halogens is 2. The van der Waals surface area contributed by atoms with Crippen molar-refractivity contribution in [2.45, 2.75) is 19.4 Å². The molecule has 2 rings (SSSR count). The molecule has 0 aliphatic heterocycles. The smallest absolute Gasteiger partial charge is 0.123 e. The van der Waals surface area contributed by atoms with Gasteiger partial charge in [0.2, 0.25) is 0 Å². The molecular weight excluding hydrogens is 352 g/mol. The maximum absolute atomic E-state index is 13.3. The Morgan fingerprint density at radius 1 is 1.16 bits per heavy atom. The van der Waals surface area contributed by atoms with Crippen LogP contribution in [0.5, 0.6) is 0 Å².